The number of fused-ring (bicyclic) bond motifs is 5. The number of hydrogen-bond donors (Lipinski definition) is 1. The van der Waals surface area contributed by atoms with Crippen molar-refractivity contribution in [1.82, 2.24) is 0 Å². The van der Waals surface area contributed by atoms with Gasteiger partial charge in [0.25, 0.3) is 0 Å². The van der Waals surface area contributed by atoms with Crippen LogP contribution in [0.4, 0.5) is 4.53 Å². The number of carbonyl (C=O) groups excluding carboxylic acids is 1. The molecule has 0 bridgehead atoms. The summed E-state index contributed by atoms with van der Waals surface area (Å²) in [6, 6.07) is 0. The minimum absolute atomic E-state index is 0.0368. The lowest BCUT2D eigenvalue weighted by Gasteiger charge is -2.67. The highest BCUT2D eigenvalue weighted by molar-refractivity contribution is 5.71. The zero-order chi connectivity index (χ0) is 21.7. The van der Waals surface area contributed by atoms with E-state index in [4.69, 9.17) is 5.73 Å². The van der Waals surface area contributed by atoms with Crippen molar-refractivity contribution < 1.29 is 14.3 Å². The first-order chi connectivity index (χ1) is 14.2. The van der Waals surface area contributed by atoms with Crippen LogP contribution in [0.15, 0.2) is 0 Å². The molecule has 172 valence electrons. The molecule has 8 unspecified atom stereocenters. The standard InChI is InChI=1S/C26H44FNO2/c1-5-18-16-20-21-11-10-19(9-8-17(2)23(29)30-27)24(21,3)15-12-22(20)25(4)13-6-7-14-26(18,25)28/h17-22H,5-16,28H2,1-4H3/t17?,18-,19?,20?,21?,22?,24?,25?,26?/m0/s1. The van der Waals surface area contributed by atoms with Crippen LogP contribution < -0.4 is 5.73 Å². The van der Waals surface area contributed by atoms with Crippen molar-refractivity contribution in [2.45, 2.75) is 110 Å². The largest absolute Gasteiger partial charge is 0.351 e. The molecule has 4 rings (SSSR count). The van der Waals surface area contributed by atoms with Crippen molar-refractivity contribution in [1.29, 1.82) is 0 Å². The molecule has 0 aliphatic heterocycles. The average molecular weight is 422 g/mol. The van der Waals surface area contributed by atoms with Crippen molar-refractivity contribution in [3.8, 4) is 0 Å². The summed E-state index contributed by atoms with van der Waals surface area (Å²) in [6.07, 6.45) is 14.7. The fourth-order valence-electron chi connectivity index (χ4n) is 9.33. The van der Waals surface area contributed by atoms with Crippen LogP contribution in [-0.4, -0.2) is 11.5 Å². The van der Waals surface area contributed by atoms with E-state index in [1.807, 2.05) is 0 Å². The molecule has 4 fully saturated rings. The monoisotopic (exact) mass is 421 g/mol. The van der Waals surface area contributed by atoms with Gasteiger partial charge < -0.3 is 5.73 Å². The van der Waals surface area contributed by atoms with Crippen molar-refractivity contribution in [2.24, 2.45) is 52.1 Å². The molecule has 0 heterocycles. The van der Waals surface area contributed by atoms with Gasteiger partial charge in [0.05, 0.1) is 5.92 Å². The lowest BCUT2D eigenvalue weighted by Crippen LogP contribution is -2.69. The van der Waals surface area contributed by atoms with Gasteiger partial charge in [0.1, 0.15) is 0 Å². The summed E-state index contributed by atoms with van der Waals surface area (Å²) < 4.78 is 12.3. The highest BCUT2D eigenvalue weighted by atomic mass is 19.3. The molecule has 0 radical (unpaired) electrons. The maximum absolute atomic E-state index is 12.3. The van der Waals surface area contributed by atoms with E-state index >= 15 is 0 Å². The second-order valence-electron chi connectivity index (χ2n) is 12.1. The molecule has 4 heteroatoms. The summed E-state index contributed by atoms with van der Waals surface area (Å²) in [5.41, 5.74) is 8.02. The quantitative estimate of drug-likeness (QED) is 0.544. The van der Waals surface area contributed by atoms with Gasteiger partial charge in [0, 0.05) is 10.1 Å². The Hall–Kier alpha value is -0.640. The van der Waals surface area contributed by atoms with Crippen LogP contribution in [-0.2, 0) is 9.74 Å². The summed E-state index contributed by atoms with van der Waals surface area (Å²) in [4.78, 5) is 15.0. The van der Waals surface area contributed by atoms with Gasteiger partial charge in [-0.05, 0) is 98.2 Å². The van der Waals surface area contributed by atoms with Crippen molar-refractivity contribution in [3.63, 3.8) is 0 Å². The van der Waals surface area contributed by atoms with Gasteiger partial charge in [-0.2, -0.15) is 0 Å². The van der Waals surface area contributed by atoms with Gasteiger partial charge in [-0.3, -0.25) is 4.94 Å². The third kappa shape index (κ3) is 3.18. The highest BCUT2D eigenvalue weighted by Crippen LogP contribution is 2.69. The van der Waals surface area contributed by atoms with Crippen molar-refractivity contribution >= 4 is 5.97 Å². The molecule has 4 aliphatic carbocycles. The molecule has 3 nitrogen and oxygen atoms in total. The number of rotatable bonds is 5. The van der Waals surface area contributed by atoms with E-state index in [9.17, 15) is 9.32 Å². The summed E-state index contributed by atoms with van der Waals surface area (Å²) in [5, 5.41) is 0. The molecule has 4 saturated carbocycles. The Morgan fingerprint density at radius 2 is 1.83 bits per heavy atom. The predicted octanol–water partition coefficient (Wildman–Crippen LogP) is 6.60. The molecular weight excluding hydrogens is 377 g/mol. The molecule has 4 aliphatic rings. The molecule has 0 aromatic carbocycles. The fourth-order valence-corrected chi connectivity index (χ4v) is 9.33. The van der Waals surface area contributed by atoms with E-state index < -0.39 is 5.97 Å². The van der Waals surface area contributed by atoms with Crippen LogP contribution in [0.25, 0.3) is 0 Å². The number of halogens is 1. The number of carbonyl (C=O) groups is 1. The SMILES string of the molecule is CC[C@H]1CC2C3CCC(CCC(C)C(=O)OF)C3(C)CCC2C2(C)CCCCC12N. The Morgan fingerprint density at radius 3 is 2.53 bits per heavy atom. The summed E-state index contributed by atoms with van der Waals surface area (Å²) >= 11 is 0. The minimum atomic E-state index is -0.707. The topological polar surface area (TPSA) is 52.3 Å². The molecule has 0 spiro atoms. The van der Waals surface area contributed by atoms with Crippen LogP contribution >= 0.6 is 0 Å². The van der Waals surface area contributed by atoms with Crippen molar-refractivity contribution in [3.05, 3.63) is 0 Å². The van der Waals surface area contributed by atoms with Gasteiger partial charge in [0.15, 0.2) is 0 Å². The third-order valence-electron chi connectivity index (χ3n) is 11.3. The second kappa shape index (κ2) is 8.05. The predicted molar refractivity (Wildman–Crippen MR) is 118 cm³/mol. The van der Waals surface area contributed by atoms with Gasteiger partial charge >= 0.3 is 5.97 Å². The maximum atomic E-state index is 12.3. The third-order valence-corrected chi connectivity index (χ3v) is 11.3. The van der Waals surface area contributed by atoms with Crippen LogP contribution in [0, 0.1) is 46.3 Å². The van der Waals surface area contributed by atoms with Gasteiger partial charge in [0.2, 0.25) is 0 Å². The van der Waals surface area contributed by atoms with E-state index in [-0.39, 0.29) is 11.5 Å². The van der Waals surface area contributed by atoms with Crippen LogP contribution in [0.1, 0.15) is 105 Å². The number of nitrogens with two attached hydrogens (primary N) is 1. The van der Waals surface area contributed by atoms with Gasteiger partial charge in [-0.15, -0.1) is 0 Å². The number of hydrogen-bond acceptors (Lipinski definition) is 3. The second-order valence-corrected chi connectivity index (χ2v) is 12.1. The lowest BCUT2D eigenvalue weighted by atomic mass is 9.40. The van der Waals surface area contributed by atoms with Crippen LogP contribution in [0.2, 0.25) is 0 Å². The smallest absolute Gasteiger partial charge is 0.324 e. The molecular formula is C26H44FNO2. The van der Waals surface area contributed by atoms with E-state index in [1.54, 1.807) is 6.92 Å². The normalized spacial score (nSPS) is 48.9. The lowest BCUT2D eigenvalue weighted by molar-refractivity contribution is -0.188. The Kier molecular flexibility index (Phi) is 6.05. The first kappa shape index (κ1) is 22.6. The Bertz CT molecular complexity index is 655. The Morgan fingerprint density at radius 1 is 1.10 bits per heavy atom. The maximum Gasteiger partial charge on any atom is 0.351 e. The molecule has 0 saturated heterocycles. The van der Waals surface area contributed by atoms with Gasteiger partial charge in [-0.1, -0.05) is 47.0 Å². The van der Waals surface area contributed by atoms with Crippen LogP contribution in [0.5, 0.6) is 0 Å². The van der Waals surface area contributed by atoms with E-state index in [2.05, 4.69) is 25.7 Å². The summed E-state index contributed by atoms with van der Waals surface area (Å²) in [5.74, 6) is 2.65. The Balaban J connectivity index is 1.54. The summed E-state index contributed by atoms with van der Waals surface area (Å²) in [6.45, 7) is 9.26. The molecule has 2 N–H and O–H groups in total. The Labute approximate surface area is 183 Å². The first-order valence-corrected chi connectivity index (χ1v) is 12.8. The highest BCUT2D eigenvalue weighted by Gasteiger charge is 2.65. The van der Waals surface area contributed by atoms with Crippen molar-refractivity contribution in [2.75, 3.05) is 0 Å². The first-order valence-electron chi connectivity index (χ1n) is 12.8. The molecule has 30 heavy (non-hydrogen) atoms. The average Bonchev–Trinajstić information content (AvgIpc) is 3.07. The van der Waals surface area contributed by atoms with E-state index in [0.29, 0.717) is 22.7 Å². The molecule has 0 aromatic heterocycles. The summed E-state index contributed by atoms with van der Waals surface area (Å²) in [7, 11) is 0. The van der Waals surface area contributed by atoms with Crippen LogP contribution in [0.3, 0.4) is 0 Å². The zero-order valence-electron chi connectivity index (χ0n) is 19.7. The fraction of sp³-hybridized carbons (Fsp3) is 0.962. The molecule has 9 atom stereocenters. The molecule has 0 aromatic rings. The minimum Gasteiger partial charge on any atom is -0.324 e. The zero-order valence-corrected chi connectivity index (χ0v) is 19.7. The molecule has 0 amide bonds. The van der Waals surface area contributed by atoms with E-state index in [1.165, 1.54) is 64.2 Å². The van der Waals surface area contributed by atoms with Gasteiger partial charge in [-0.25, -0.2) is 4.79 Å². The van der Waals surface area contributed by atoms with E-state index in [0.717, 1.165) is 30.6 Å².